The van der Waals surface area contributed by atoms with Crippen molar-refractivity contribution < 1.29 is 4.79 Å². The molecule has 1 fully saturated rings. The second-order valence-electron chi connectivity index (χ2n) is 7.92. The minimum atomic E-state index is -0.129. The molecule has 3 heterocycles. The van der Waals surface area contributed by atoms with Gasteiger partial charge >= 0.3 is 6.03 Å². The standard InChI is InChI=1S/C24H26N4O/c1-2-18-8-3-4-9-19(18)25-23(29)27-16-13-24(14-17-27)22-12-7-15-28(22)21-11-6-5-10-20(21)26-24/h3-12,15,26H,2,13-14,16-17H2,1H3,(H,25,29). The summed E-state index contributed by atoms with van der Waals surface area (Å²) in [5.41, 5.74) is 5.58. The van der Waals surface area contributed by atoms with Crippen LogP contribution in [0.2, 0.25) is 0 Å². The second kappa shape index (κ2) is 6.99. The van der Waals surface area contributed by atoms with E-state index in [1.165, 1.54) is 11.4 Å². The van der Waals surface area contributed by atoms with Crippen LogP contribution in [-0.4, -0.2) is 28.6 Å². The number of nitrogens with one attached hydrogen (secondary N) is 2. The highest BCUT2D eigenvalue weighted by atomic mass is 16.2. The third-order valence-electron chi connectivity index (χ3n) is 6.32. The maximum atomic E-state index is 12.9. The molecule has 2 aliphatic rings. The third kappa shape index (κ3) is 2.97. The summed E-state index contributed by atoms with van der Waals surface area (Å²) in [6.07, 6.45) is 4.81. The van der Waals surface area contributed by atoms with Crippen LogP contribution < -0.4 is 10.6 Å². The number of aryl methyl sites for hydroxylation is 1. The van der Waals surface area contributed by atoms with E-state index in [2.05, 4.69) is 70.8 Å². The summed E-state index contributed by atoms with van der Waals surface area (Å²) in [5, 5.41) is 6.92. The SMILES string of the molecule is CCc1ccccc1NC(=O)N1CCC2(CC1)Nc1ccccc1-n1cccc12. The fourth-order valence-corrected chi connectivity index (χ4v) is 4.71. The summed E-state index contributed by atoms with van der Waals surface area (Å²) in [6, 6.07) is 20.8. The van der Waals surface area contributed by atoms with E-state index in [9.17, 15) is 4.79 Å². The molecule has 0 saturated carbocycles. The number of hydrogen-bond acceptors (Lipinski definition) is 2. The van der Waals surface area contributed by atoms with Gasteiger partial charge in [-0.3, -0.25) is 0 Å². The van der Waals surface area contributed by atoms with Crippen molar-refractivity contribution in [3.8, 4) is 5.69 Å². The van der Waals surface area contributed by atoms with Gasteiger partial charge in [0.15, 0.2) is 0 Å². The Hall–Kier alpha value is -3.21. The fourth-order valence-electron chi connectivity index (χ4n) is 4.71. The van der Waals surface area contributed by atoms with E-state index in [-0.39, 0.29) is 11.6 Å². The number of rotatable bonds is 2. The number of carbonyl (C=O) groups excluding carboxylic acids is 1. The van der Waals surface area contributed by atoms with E-state index in [0.29, 0.717) is 0 Å². The van der Waals surface area contributed by atoms with Crippen molar-refractivity contribution in [2.45, 2.75) is 31.7 Å². The van der Waals surface area contributed by atoms with Gasteiger partial charge in [-0.2, -0.15) is 0 Å². The number of likely N-dealkylation sites (tertiary alicyclic amines) is 1. The van der Waals surface area contributed by atoms with E-state index in [1.54, 1.807) is 0 Å². The number of para-hydroxylation sites is 3. The van der Waals surface area contributed by atoms with Crippen LogP contribution in [0.5, 0.6) is 0 Å². The predicted molar refractivity (Wildman–Crippen MR) is 117 cm³/mol. The monoisotopic (exact) mass is 386 g/mol. The third-order valence-corrected chi connectivity index (χ3v) is 6.32. The van der Waals surface area contributed by atoms with Gasteiger partial charge in [0.1, 0.15) is 0 Å². The summed E-state index contributed by atoms with van der Waals surface area (Å²) < 4.78 is 2.29. The first-order chi connectivity index (χ1) is 14.2. The summed E-state index contributed by atoms with van der Waals surface area (Å²) in [6.45, 7) is 3.55. The largest absolute Gasteiger partial charge is 0.372 e. The van der Waals surface area contributed by atoms with E-state index in [1.807, 2.05) is 23.1 Å². The van der Waals surface area contributed by atoms with Crippen LogP contribution in [0.3, 0.4) is 0 Å². The Labute approximate surface area is 171 Å². The van der Waals surface area contributed by atoms with Crippen LogP contribution in [-0.2, 0) is 12.0 Å². The van der Waals surface area contributed by atoms with Crippen molar-refractivity contribution in [2.75, 3.05) is 23.7 Å². The quantitative estimate of drug-likeness (QED) is 0.652. The van der Waals surface area contributed by atoms with Gasteiger partial charge in [0, 0.05) is 30.7 Å². The molecule has 5 rings (SSSR count). The zero-order chi connectivity index (χ0) is 19.8. The van der Waals surface area contributed by atoms with E-state index >= 15 is 0 Å². The molecule has 3 aromatic rings. The Morgan fingerprint density at radius 2 is 1.79 bits per heavy atom. The maximum absolute atomic E-state index is 12.9. The Balaban J connectivity index is 1.34. The number of nitrogens with zero attached hydrogens (tertiary/aromatic N) is 2. The molecule has 148 valence electrons. The van der Waals surface area contributed by atoms with Crippen LogP contribution in [0.1, 0.15) is 31.0 Å². The average Bonchev–Trinajstić information content (AvgIpc) is 3.26. The molecule has 2 amide bonds. The molecule has 5 heteroatoms. The number of amides is 2. The number of benzene rings is 2. The molecule has 1 spiro atoms. The Bertz CT molecular complexity index is 1050. The highest BCUT2D eigenvalue weighted by molar-refractivity contribution is 5.90. The van der Waals surface area contributed by atoms with Gasteiger partial charge in [-0.05, 0) is 55.2 Å². The highest BCUT2D eigenvalue weighted by Gasteiger charge is 2.42. The zero-order valence-corrected chi connectivity index (χ0v) is 16.7. The van der Waals surface area contributed by atoms with Gasteiger partial charge < -0.3 is 20.1 Å². The predicted octanol–water partition coefficient (Wildman–Crippen LogP) is 4.99. The molecular weight excluding hydrogens is 360 g/mol. The van der Waals surface area contributed by atoms with E-state index in [0.717, 1.165) is 49.3 Å². The smallest absolute Gasteiger partial charge is 0.321 e. The van der Waals surface area contributed by atoms with Crippen LogP contribution >= 0.6 is 0 Å². The number of fused-ring (bicyclic) bond motifs is 4. The topological polar surface area (TPSA) is 49.3 Å². The van der Waals surface area contributed by atoms with Crippen LogP contribution in [0.4, 0.5) is 16.2 Å². The van der Waals surface area contributed by atoms with Crippen molar-refractivity contribution in [3.05, 3.63) is 78.1 Å². The number of carbonyl (C=O) groups is 1. The van der Waals surface area contributed by atoms with Crippen LogP contribution in [0, 0.1) is 0 Å². The molecule has 0 aliphatic carbocycles. The minimum absolute atomic E-state index is 0.00709. The molecule has 1 aromatic heterocycles. The Morgan fingerprint density at radius 3 is 2.62 bits per heavy atom. The van der Waals surface area contributed by atoms with Gasteiger partial charge in [-0.25, -0.2) is 4.79 Å². The lowest BCUT2D eigenvalue weighted by Gasteiger charge is -2.46. The molecule has 2 aromatic carbocycles. The van der Waals surface area contributed by atoms with Gasteiger partial charge in [-0.15, -0.1) is 0 Å². The molecule has 0 radical (unpaired) electrons. The zero-order valence-electron chi connectivity index (χ0n) is 16.7. The Morgan fingerprint density at radius 1 is 1.03 bits per heavy atom. The molecule has 29 heavy (non-hydrogen) atoms. The fraction of sp³-hybridized carbons (Fsp3) is 0.292. The Kier molecular flexibility index (Phi) is 4.31. The normalized spacial score (nSPS) is 16.7. The van der Waals surface area contributed by atoms with Gasteiger partial charge in [0.2, 0.25) is 0 Å². The van der Waals surface area contributed by atoms with Crippen molar-refractivity contribution >= 4 is 17.4 Å². The van der Waals surface area contributed by atoms with Crippen molar-refractivity contribution in [1.29, 1.82) is 0 Å². The molecule has 2 N–H and O–H groups in total. The van der Waals surface area contributed by atoms with Crippen molar-refractivity contribution in [1.82, 2.24) is 9.47 Å². The van der Waals surface area contributed by atoms with Crippen molar-refractivity contribution in [3.63, 3.8) is 0 Å². The van der Waals surface area contributed by atoms with E-state index < -0.39 is 0 Å². The molecule has 2 aliphatic heterocycles. The first kappa shape index (κ1) is 17.9. The van der Waals surface area contributed by atoms with Gasteiger partial charge in [0.05, 0.1) is 16.9 Å². The summed E-state index contributed by atoms with van der Waals surface area (Å²) in [4.78, 5) is 14.8. The second-order valence-corrected chi connectivity index (χ2v) is 7.92. The molecular formula is C24H26N4O. The minimum Gasteiger partial charge on any atom is -0.372 e. The molecule has 0 atom stereocenters. The van der Waals surface area contributed by atoms with Crippen LogP contribution in [0.25, 0.3) is 5.69 Å². The molecule has 0 bridgehead atoms. The molecule has 0 unspecified atom stereocenters. The van der Waals surface area contributed by atoms with Crippen molar-refractivity contribution in [2.24, 2.45) is 0 Å². The summed E-state index contributed by atoms with van der Waals surface area (Å²) in [5.74, 6) is 0. The average molecular weight is 386 g/mol. The summed E-state index contributed by atoms with van der Waals surface area (Å²) in [7, 11) is 0. The lowest BCUT2D eigenvalue weighted by atomic mass is 9.82. The lowest BCUT2D eigenvalue weighted by molar-refractivity contribution is 0.174. The molecule has 1 saturated heterocycles. The highest BCUT2D eigenvalue weighted by Crippen LogP contribution is 2.43. The number of hydrogen-bond donors (Lipinski definition) is 2. The number of urea groups is 1. The first-order valence-corrected chi connectivity index (χ1v) is 10.4. The molecule has 5 nitrogen and oxygen atoms in total. The first-order valence-electron chi connectivity index (χ1n) is 10.4. The van der Waals surface area contributed by atoms with Gasteiger partial charge in [-0.1, -0.05) is 37.3 Å². The maximum Gasteiger partial charge on any atom is 0.321 e. The van der Waals surface area contributed by atoms with Crippen LogP contribution in [0.15, 0.2) is 66.9 Å². The summed E-state index contributed by atoms with van der Waals surface area (Å²) >= 11 is 0. The van der Waals surface area contributed by atoms with E-state index in [4.69, 9.17) is 0 Å². The number of piperidine rings is 1. The number of anilines is 2. The lowest BCUT2D eigenvalue weighted by Crippen LogP contribution is -2.51. The van der Waals surface area contributed by atoms with Gasteiger partial charge in [0.25, 0.3) is 0 Å². The number of aromatic nitrogens is 1.